The van der Waals surface area contributed by atoms with Crippen LogP contribution in [0.3, 0.4) is 0 Å². The number of benzene rings is 3. The maximum Gasteiger partial charge on any atom is 0.195 e. The summed E-state index contributed by atoms with van der Waals surface area (Å²) in [6.07, 6.45) is 2.01. The Hall–Kier alpha value is -2.98. The molecule has 0 spiro atoms. The molecule has 1 atom stereocenters. The van der Waals surface area contributed by atoms with Crippen molar-refractivity contribution >= 4 is 27.5 Å². The van der Waals surface area contributed by atoms with Gasteiger partial charge in [-0.15, -0.1) is 0 Å². The van der Waals surface area contributed by atoms with Crippen molar-refractivity contribution in [3.05, 3.63) is 84.1 Å². The molecule has 0 fully saturated rings. The van der Waals surface area contributed by atoms with Gasteiger partial charge in [0.1, 0.15) is 6.67 Å². The fourth-order valence-electron chi connectivity index (χ4n) is 3.76. The molecule has 142 valence electrons. The Bertz CT molecular complexity index is 1130. The lowest BCUT2D eigenvalue weighted by atomic mass is 9.97. The maximum atomic E-state index is 13.4. The van der Waals surface area contributed by atoms with Crippen LogP contribution in [0.1, 0.15) is 28.8 Å². The van der Waals surface area contributed by atoms with E-state index >= 15 is 0 Å². The van der Waals surface area contributed by atoms with E-state index in [-0.39, 0.29) is 5.78 Å². The number of hydrogen-bond donors (Lipinski definition) is 1. The molecule has 0 aliphatic rings. The fraction of sp³-hybridized carbons (Fsp3) is 0.208. The van der Waals surface area contributed by atoms with Gasteiger partial charge in [0.25, 0.3) is 0 Å². The summed E-state index contributed by atoms with van der Waals surface area (Å²) in [5.41, 5.74) is 2.33. The molecule has 0 amide bonds. The van der Waals surface area contributed by atoms with Crippen LogP contribution in [-0.2, 0) is 6.54 Å². The molecule has 1 heterocycles. The quantitative estimate of drug-likeness (QED) is 0.455. The number of aliphatic hydroxyl groups is 1. The van der Waals surface area contributed by atoms with E-state index < -0.39 is 12.8 Å². The Kier molecular flexibility index (Phi) is 5.22. The van der Waals surface area contributed by atoms with E-state index in [4.69, 9.17) is 0 Å². The SMILES string of the molecule is O=C(c1cccc2ccccc12)c1cn(CCC[C@H](O)CF)c2ccccc12. The number of halogens is 1. The number of carbonyl (C=O) groups is 1. The second-order valence-corrected chi connectivity index (χ2v) is 7.06. The molecular formula is C24H22FNO2. The zero-order chi connectivity index (χ0) is 19.5. The molecule has 0 saturated heterocycles. The number of aryl methyl sites for hydroxylation is 1. The number of hydrogen-bond acceptors (Lipinski definition) is 2. The molecule has 3 nitrogen and oxygen atoms in total. The topological polar surface area (TPSA) is 42.2 Å². The first kappa shape index (κ1) is 18.4. The highest BCUT2D eigenvalue weighted by molar-refractivity contribution is 6.21. The highest BCUT2D eigenvalue weighted by Gasteiger charge is 2.18. The van der Waals surface area contributed by atoms with Gasteiger partial charge in [-0.1, -0.05) is 60.7 Å². The van der Waals surface area contributed by atoms with Gasteiger partial charge in [-0.05, 0) is 29.7 Å². The first-order chi connectivity index (χ1) is 13.7. The van der Waals surface area contributed by atoms with Gasteiger partial charge in [0.2, 0.25) is 0 Å². The van der Waals surface area contributed by atoms with Crippen LogP contribution in [-0.4, -0.2) is 28.2 Å². The van der Waals surface area contributed by atoms with Gasteiger partial charge < -0.3 is 9.67 Å². The third-order valence-electron chi connectivity index (χ3n) is 5.18. The summed E-state index contributed by atoms with van der Waals surface area (Å²) in [7, 11) is 0. The number of ketones is 1. The van der Waals surface area contributed by atoms with E-state index in [1.54, 1.807) is 0 Å². The number of alkyl halides is 1. The number of rotatable bonds is 7. The van der Waals surface area contributed by atoms with Crippen molar-refractivity contribution in [1.29, 1.82) is 0 Å². The molecule has 4 heteroatoms. The summed E-state index contributed by atoms with van der Waals surface area (Å²) < 4.78 is 14.5. The molecule has 0 radical (unpaired) electrons. The fourth-order valence-corrected chi connectivity index (χ4v) is 3.76. The predicted molar refractivity (Wildman–Crippen MR) is 111 cm³/mol. The lowest BCUT2D eigenvalue weighted by Gasteiger charge is -2.07. The third-order valence-corrected chi connectivity index (χ3v) is 5.18. The summed E-state index contributed by atoms with van der Waals surface area (Å²) in [4.78, 5) is 13.4. The van der Waals surface area contributed by atoms with Crippen molar-refractivity contribution in [2.45, 2.75) is 25.5 Å². The summed E-state index contributed by atoms with van der Waals surface area (Å²) in [6, 6.07) is 21.5. The maximum absolute atomic E-state index is 13.4. The average Bonchev–Trinajstić information content (AvgIpc) is 3.11. The van der Waals surface area contributed by atoms with Gasteiger partial charge >= 0.3 is 0 Å². The number of para-hydroxylation sites is 1. The highest BCUT2D eigenvalue weighted by atomic mass is 19.1. The summed E-state index contributed by atoms with van der Waals surface area (Å²) in [5, 5.41) is 12.3. The Morgan fingerprint density at radius 1 is 0.929 bits per heavy atom. The van der Waals surface area contributed by atoms with Crippen LogP contribution < -0.4 is 0 Å². The largest absolute Gasteiger partial charge is 0.390 e. The zero-order valence-electron chi connectivity index (χ0n) is 15.5. The number of carbonyl (C=O) groups excluding carboxylic acids is 1. The summed E-state index contributed by atoms with van der Waals surface area (Å²) in [6.45, 7) is -0.0996. The van der Waals surface area contributed by atoms with E-state index in [0.717, 1.165) is 21.7 Å². The first-order valence-corrected chi connectivity index (χ1v) is 9.53. The van der Waals surface area contributed by atoms with E-state index in [0.29, 0.717) is 30.5 Å². The van der Waals surface area contributed by atoms with Crippen molar-refractivity contribution in [2.75, 3.05) is 6.67 Å². The molecule has 0 saturated carbocycles. The van der Waals surface area contributed by atoms with Crippen molar-refractivity contribution < 1.29 is 14.3 Å². The van der Waals surface area contributed by atoms with Crippen molar-refractivity contribution in [3.63, 3.8) is 0 Å². The van der Waals surface area contributed by atoms with Gasteiger partial charge in [-0.25, -0.2) is 4.39 Å². The smallest absolute Gasteiger partial charge is 0.195 e. The Labute approximate surface area is 163 Å². The summed E-state index contributed by atoms with van der Waals surface area (Å²) in [5.74, 6) is -0.00413. The molecule has 3 aromatic carbocycles. The minimum Gasteiger partial charge on any atom is -0.390 e. The van der Waals surface area contributed by atoms with E-state index in [1.165, 1.54) is 0 Å². The second kappa shape index (κ2) is 7.95. The molecule has 28 heavy (non-hydrogen) atoms. The highest BCUT2D eigenvalue weighted by Crippen LogP contribution is 2.27. The van der Waals surface area contributed by atoms with Crippen LogP contribution in [0.5, 0.6) is 0 Å². The minimum absolute atomic E-state index is 0.00413. The van der Waals surface area contributed by atoms with Crippen LogP contribution in [0, 0.1) is 0 Å². The Balaban J connectivity index is 1.73. The van der Waals surface area contributed by atoms with Crippen LogP contribution in [0.4, 0.5) is 4.39 Å². The standard InChI is InChI=1S/C24H22FNO2/c25-15-18(27)9-6-14-26-16-22(20-11-3-4-13-23(20)26)24(28)21-12-5-8-17-7-1-2-10-19(17)21/h1-5,7-8,10-13,16,18,27H,6,9,14-15H2/t18-/m0/s1. The van der Waals surface area contributed by atoms with Gasteiger partial charge in [-0.3, -0.25) is 4.79 Å². The van der Waals surface area contributed by atoms with E-state index in [9.17, 15) is 14.3 Å². The lowest BCUT2D eigenvalue weighted by Crippen LogP contribution is -2.10. The molecule has 0 unspecified atom stereocenters. The number of aromatic nitrogens is 1. The molecule has 4 rings (SSSR count). The zero-order valence-corrected chi connectivity index (χ0v) is 15.5. The number of nitrogens with zero attached hydrogens (tertiary/aromatic N) is 1. The first-order valence-electron chi connectivity index (χ1n) is 9.53. The lowest BCUT2D eigenvalue weighted by molar-refractivity contribution is 0.104. The minimum atomic E-state index is -0.918. The van der Waals surface area contributed by atoms with Gasteiger partial charge in [0.15, 0.2) is 5.78 Å². The molecule has 1 aromatic heterocycles. The van der Waals surface area contributed by atoms with Gasteiger partial charge in [0.05, 0.1) is 6.10 Å². The van der Waals surface area contributed by atoms with E-state index in [2.05, 4.69) is 0 Å². The van der Waals surface area contributed by atoms with Crippen LogP contribution in [0.15, 0.2) is 72.9 Å². The number of aliphatic hydroxyl groups excluding tert-OH is 1. The molecular weight excluding hydrogens is 353 g/mol. The average molecular weight is 375 g/mol. The van der Waals surface area contributed by atoms with Gasteiger partial charge in [0, 0.05) is 34.8 Å². The monoisotopic (exact) mass is 375 g/mol. The van der Waals surface area contributed by atoms with Crippen LogP contribution in [0.25, 0.3) is 21.7 Å². The normalized spacial score (nSPS) is 12.5. The third kappa shape index (κ3) is 3.43. The molecule has 0 aliphatic heterocycles. The molecule has 4 aromatic rings. The van der Waals surface area contributed by atoms with Crippen molar-refractivity contribution in [2.24, 2.45) is 0 Å². The van der Waals surface area contributed by atoms with Gasteiger partial charge in [-0.2, -0.15) is 0 Å². The molecule has 1 N–H and O–H groups in total. The van der Waals surface area contributed by atoms with Crippen LogP contribution in [0.2, 0.25) is 0 Å². The molecule has 0 bridgehead atoms. The van der Waals surface area contributed by atoms with Crippen LogP contribution >= 0.6 is 0 Å². The van der Waals surface area contributed by atoms with E-state index in [1.807, 2.05) is 77.5 Å². The molecule has 0 aliphatic carbocycles. The Morgan fingerprint density at radius 2 is 1.64 bits per heavy atom. The summed E-state index contributed by atoms with van der Waals surface area (Å²) >= 11 is 0. The number of fused-ring (bicyclic) bond motifs is 2. The predicted octanol–water partition coefficient (Wildman–Crippen LogP) is 5.14. The Morgan fingerprint density at radius 3 is 2.46 bits per heavy atom. The van der Waals surface area contributed by atoms with Crippen molar-refractivity contribution in [1.82, 2.24) is 4.57 Å². The second-order valence-electron chi connectivity index (χ2n) is 7.06. The van der Waals surface area contributed by atoms with Crippen molar-refractivity contribution in [3.8, 4) is 0 Å².